The highest BCUT2D eigenvalue weighted by Gasteiger charge is 2.21. The van der Waals surface area contributed by atoms with Crippen LogP contribution in [0, 0.1) is 11.3 Å². The molecule has 1 aliphatic heterocycles. The fraction of sp³-hybridized carbons (Fsp3) is 0.200. The van der Waals surface area contributed by atoms with E-state index in [-0.39, 0.29) is 5.78 Å². The molecular formula is C10H6BrNO2. The predicted molar refractivity (Wildman–Crippen MR) is 53.3 cm³/mol. The molecule has 0 N–H and O–H groups in total. The molecule has 4 heteroatoms. The molecule has 0 amide bonds. The summed E-state index contributed by atoms with van der Waals surface area (Å²) in [4.78, 5) is 11.5. The maximum atomic E-state index is 11.5. The third kappa shape index (κ3) is 1.40. The highest BCUT2D eigenvalue weighted by Crippen LogP contribution is 2.33. The molecule has 14 heavy (non-hydrogen) atoms. The minimum absolute atomic E-state index is 0.0315. The molecule has 0 radical (unpaired) electrons. The molecule has 3 nitrogen and oxygen atoms in total. The fourth-order valence-electron chi connectivity index (χ4n) is 1.39. The lowest BCUT2D eigenvalue weighted by molar-refractivity contribution is 0.0933. The number of nitrogens with zero attached hydrogens (tertiary/aromatic N) is 1. The third-order valence-electron chi connectivity index (χ3n) is 2.05. The van der Waals surface area contributed by atoms with Crippen molar-refractivity contribution in [3.05, 3.63) is 27.7 Å². The molecule has 70 valence electrons. The van der Waals surface area contributed by atoms with Crippen LogP contribution in [0.4, 0.5) is 0 Å². The first kappa shape index (κ1) is 9.22. The maximum absolute atomic E-state index is 11.5. The monoisotopic (exact) mass is 251 g/mol. The molecule has 1 aliphatic rings. The van der Waals surface area contributed by atoms with Gasteiger partial charge >= 0.3 is 0 Å². The van der Waals surface area contributed by atoms with Gasteiger partial charge in [0.2, 0.25) is 0 Å². The topological polar surface area (TPSA) is 50.1 Å². The number of hydrogen-bond donors (Lipinski definition) is 0. The summed E-state index contributed by atoms with van der Waals surface area (Å²) in [6.45, 7) is 0.413. The molecule has 1 aromatic carbocycles. The zero-order valence-corrected chi connectivity index (χ0v) is 8.80. The summed E-state index contributed by atoms with van der Waals surface area (Å²) in [5, 5.41) is 8.73. The minimum atomic E-state index is 0.0315. The van der Waals surface area contributed by atoms with E-state index in [1.807, 2.05) is 6.07 Å². The van der Waals surface area contributed by atoms with E-state index in [0.29, 0.717) is 34.4 Å². The molecule has 0 bridgehead atoms. The van der Waals surface area contributed by atoms with Crippen LogP contribution in [0.5, 0.6) is 5.75 Å². The van der Waals surface area contributed by atoms with Gasteiger partial charge in [0.25, 0.3) is 0 Å². The van der Waals surface area contributed by atoms with Crippen molar-refractivity contribution in [1.82, 2.24) is 0 Å². The van der Waals surface area contributed by atoms with Crippen molar-refractivity contribution in [1.29, 1.82) is 5.26 Å². The molecule has 0 aromatic heterocycles. The van der Waals surface area contributed by atoms with E-state index in [1.165, 1.54) is 0 Å². The van der Waals surface area contributed by atoms with E-state index in [4.69, 9.17) is 10.00 Å². The number of hydrogen-bond acceptors (Lipinski definition) is 3. The Labute approximate surface area is 89.4 Å². The summed E-state index contributed by atoms with van der Waals surface area (Å²) in [6, 6.07) is 5.22. The molecule has 1 aromatic rings. The number of benzene rings is 1. The van der Waals surface area contributed by atoms with Gasteiger partial charge < -0.3 is 4.74 Å². The van der Waals surface area contributed by atoms with Crippen molar-refractivity contribution < 1.29 is 9.53 Å². The first-order chi connectivity index (χ1) is 6.72. The van der Waals surface area contributed by atoms with Gasteiger partial charge in [0.15, 0.2) is 5.78 Å². The third-order valence-corrected chi connectivity index (χ3v) is 2.64. The molecule has 1 heterocycles. The van der Waals surface area contributed by atoms with Crippen LogP contribution in [0.25, 0.3) is 0 Å². The van der Waals surface area contributed by atoms with Crippen LogP contribution in [-0.2, 0) is 0 Å². The Balaban J connectivity index is 2.64. The van der Waals surface area contributed by atoms with Crippen LogP contribution in [-0.4, -0.2) is 12.4 Å². The van der Waals surface area contributed by atoms with Gasteiger partial charge in [-0.05, 0) is 28.1 Å². The minimum Gasteiger partial charge on any atom is -0.491 e. The predicted octanol–water partition coefficient (Wildman–Crippen LogP) is 2.29. The van der Waals surface area contributed by atoms with Crippen LogP contribution in [0.3, 0.4) is 0 Å². The van der Waals surface area contributed by atoms with E-state index in [9.17, 15) is 4.79 Å². The number of Topliss-reactive ketones (excluding diaryl/α,β-unsaturated/α-hetero) is 1. The number of carbonyl (C=O) groups is 1. The lowest BCUT2D eigenvalue weighted by atomic mass is 10.0. The standard InChI is InChI=1S/C10H6BrNO2/c11-8-4-6(5-12)3-7-9(13)1-2-14-10(7)8/h3-4H,1-2H2. The van der Waals surface area contributed by atoms with Crippen molar-refractivity contribution in [2.45, 2.75) is 6.42 Å². The second-order valence-corrected chi connectivity index (χ2v) is 3.82. The average molecular weight is 252 g/mol. The van der Waals surface area contributed by atoms with Gasteiger partial charge in [-0.3, -0.25) is 4.79 Å². The average Bonchev–Trinajstić information content (AvgIpc) is 2.19. The number of nitriles is 1. The Morgan fingerprint density at radius 3 is 3.00 bits per heavy atom. The van der Waals surface area contributed by atoms with Gasteiger partial charge in [0, 0.05) is 6.42 Å². The second-order valence-electron chi connectivity index (χ2n) is 2.97. The van der Waals surface area contributed by atoms with Crippen molar-refractivity contribution in [3.8, 4) is 11.8 Å². The Hall–Kier alpha value is -1.34. The van der Waals surface area contributed by atoms with E-state index in [1.54, 1.807) is 12.1 Å². The molecular weight excluding hydrogens is 246 g/mol. The van der Waals surface area contributed by atoms with Crippen LogP contribution in [0.15, 0.2) is 16.6 Å². The van der Waals surface area contributed by atoms with Crippen molar-refractivity contribution in [2.75, 3.05) is 6.61 Å². The highest BCUT2D eigenvalue weighted by atomic mass is 79.9. The summed E-state index contributed by atoms with van der Waals surface area (Å²) < 4.78 is 6.01. The molecule has 2 rings (SSSR count). The van der Waals surface area contributed by atoms with Crippen LogP contribution >= 0.6 is 15.9 Å². The number of ketones is 1. The fourth-order valence-corrected chi connectivity index (χ4v) is 1.97. The smallest absolute Gasteiger partial charge is 0.170 e. The van der Waals surface area contributed by atoms with E-state index in [2.05, 4.69) is 15.9 Å². The van der Waals surface area contributed by atoms with Gasteiger partial charge in [0.05, 0.1) is 28.3 Å². The van der Waals surface area contributed by atoms with Crippen LogP contribution < -0.4 is 4.74 Å². The first-order valence-electron chi connectivity index (χ1n) is 4.12. The molecule has 0 saturated heterocycles. The van der Waals surface area contributed by atoms with E-state index >= 15 is 0 Å². The number of rotatable bonds is 0. The molecule has 0 atom stereocenters. The molecule has 0 spiro atoms. The van der Waals surface area contributed by atoms with E-state index < -0.39 is 0 Å². The maximum Gasteiger partial charge on any atom is 0.170 e. The zero-order chi connectivity index (χ0) is 10.1. The Bertz CT molecular complexity index is 448. The van der Waals surface area contributed by atoms with Gasteiger partial charge in [-0.25, -0.2) is 0 Å². The Morgan fingerprint density at radius 1 is 1.50 bits per heavy atom. The number of carbonyl (C=O) groups excluding carboxylic acids is 1. The summed E-state index contributed by atoms with van der Waals surface area (Å²) >= 11 is 3.27. The van der Waals surface area contributed by atoms with E-state index in [0.717, 1.165) is 0 Å². The van der Waals surface area contributed by atoms with Crippen molar-refractivity contribution in [3.63, 3.8) is 0 Å². The largest absolute Gasteiger partial charge is 0.491 e. The lowest BCUT2D eigenvalue weighted by Gasteiger charge is -2.17. The number of halogens is 1. The normalized spacial score (nSPS) is 14.1. The summed E-state index contributed by atoms with van der Waals surface area (Å²) in [7, 11) is 0. The molecule has 0 fully saturated rings. The Kier molecular flexibility index (Phi) is 2.26. The summed E-state index contributed by atoms with van der Waals surface area (Å²) in [5.74, 6) is 0.587. The van der Waals surface area contributed by atoms with Crippen LogP contribution in [0.2, 0.25) is 0 Å². The number of ether oxygens (including phenoxy) is 1. The van der Waals surface area contributed by atoms with Crippen LogP contribution in [0.1, 0.15) is 22.3 Å². The molecule has 0 aliphatic carbocycles. The molecule has 0 unspecified atom stereocenters. The van der Waals surface area contributed by atoms with Gasteiger partial charge in [0.1, 0.15) is 5.75 Å². The summed E-state index contributed by atoms with van der Waals surface area (Å²) in [6.07, 6.45) is 0.383. The quantitative estimate of drug-likeness (QED) is 0.711. The lowest BCUT2D eigenvalue weighted by Crippen LogP contribution is -2.15. The zero-order valence-electron chi connectivity index (χ0n) is 7.21. The Morgan fingerprint density at radius 2 is 2.29 bits per heavy atom. The van der Waals surface area contributed by atoms with Gasteiger partial charge in [-0.15, -0.1) is 0 Å². The van der Waals surface area contributed by atoms with Gasteiger partial charge in [-0.1, -0.05) is 0 Å². The molecule has 0 saturated carbocycles. The van der Waals surface area contributed by atoms with Crippen molar-refractivity contribution >= 4 is 21.7 Å². The first-order valence-corrected chi connectivity index (χ1v) is 4.91. The second kappa shape index (κ2) is 3.43. The SMILES string of the molecule is N#Cc1cc(Br)c2c(c1)C(=O)CCO2. The van der Waals surface area contributed by atoms with Crippen molar-refractivity contribution in [2.24, 2.45) is 0 Å². The van der Waals surface area contributed by atoms with Gasteiger partial charge in [-0.2, -0.15) is 5.26 Å². The summed E-state index contributed by atoms with van der Waals surface area (Å²) in [5.41, 5.74) is 0.969. The number of fused-ring (bicyclic) bond motifs is 1. The highest BCUT2D eigenvalue weighted by molar-refractivity contribution is 9.10.